The van der Waals surface area contributed by atoms with E-state index in [0.717, 1.165) is 0 Å². The maximum atomic E-state index is 11.9. The minimum atomic E-state index is -0.486. The van der Waals surface area contributed by atoms with Crippen LogP contribution >= 0.6 is 23.2 Å². The summed E-state index contributed by atoms with van der Waals surface area (Å²) in [7, 11) is 1.55. The van der Waals surface area contributed by atoms with Gasteiger partial charge in [0.25, 0.3) is 0 Å². The number of rotatable bonds is 5. The molecule has 0 radical (unpaired) electrons. The van der Waals surface area contributed by atoms with Crippen LogP contribution in [0.1, 0.15) is 6.42 Å². The van der Waals surface area contributed by atoms with Crippen molar-refractivity contribution in [3.05, 3.63) is 52.5 Å². The van der Waals surface area contributed by atoms with E-state index in [4.69, 9.17) is 27.9 Å². The molecule has 0 atom stereocenters. The van der Waals surface area contributed by atoms with Crippen molar-refractivity contribution in [3.63, 3.8) is 0 Å². The van der Waals surface area contributed by atoms with Gasteiger partial charge in [0, 0.05) is 10.7 Å². The summed E-state index contributed by atoms with van der Waals surface area (Å²) in [5.74, 6) is -0.248. The van der Waals surface area contributed by atoms with Crippen LogP contribution in [0.3, 0.4) is 0 Å². The molecule has 0 spiro atoms. The molecule has 0 aromatic heterocycles. The molecule has 23 heavy (non-hydrogen) atoms. The van der Waals surface area contributed by atoms with Crippen LogP contribution in [0.2, 0.25) is 10.0 Å². The lowest BCUT2D eigenvalue weighted by molar-refractivity contribution is -0.123. The number of hydrogen-bond acceptors (Lipinski definition) is 3. The van der Waals surface area contributed by atoms with Gasteiger partial charge in [-0.1, -0.05) is 23.2 Å². The van der Waals surface area contributed by atoms with Gasteiger partial charge in [0.2, 0.25) is 11.8 Å². The number of methoxy groups -OCH3 is 1. The third-order valence-corrected chi connectivity index (χ3v) is 3.46. The van der Waals surface area contributed by atoms with Gasteiger partial charge in [0.15, 0.2) is 0 Å². The Labute approximate surface area is 143 Å². The number of halogens is 2. The monoisotopic (exact) mass is 352 g/mol. The first-order chi connectivity index (χ1) is 11.0. The number of carbonyl (C=O) groups excluding carboxylic acids is 2. The van der Waals surface area contributed by atoms with Gasteiger partial charge in [-0.05, 0) is 42.5 Å². The molecule has 7 heteroatoms. The van der Waals surface area contributed by atoms with Gasteiger partial charge in [0.1, 0.15) is 12.2 Å². The van der Waals surface area contributed by atoms with Gasteiger partial charge in [-0.2, -0.15) is 0 Å². The van der Waals surface area contributed by atoms with Crippen LogP contribution in [0.15, 0.2) is 42.5 Å². The quantitative estimate of drug-likeness (QED) is 0.800. The number of carbonyl (C=O) groups is 2. The van der Waals surface area contributed by atoms with Crippen molar-refractivity contribution in [1.29, 1.82) is 0 Å². The Morgan fingerprint density at radius 1 is 1.00 bits per heavy atom. The van der Waals surface area contributed by atoms with Crippen molar-refractivity contribution < 1.29 is 14.3 Å². The predicted molar refractivity (Wildman–Crippen MR) is 91.3 cm³/mol. The van der Waals surface area contributed by atoms with Crippen LogP contribution in [0, 0.1) is 0 Å². The predicted octanol–water partition coefficient (Wildman–Crippen LogP) is 3.97. The Hall–Kier alpha value is -2.24. The zero-order chi connectivity index (χ0) is 16.8. The highest BCUT2D eigenvalue weighted by Crippen LogP contribution is 2.25. The summed E-state index contributed by atoms with van der Waals surface area (Å²) in [5.41, 5.74) is 0.936. The normalized spacial score (nSPS) is 10.0. The Morgan fingerprint density at radius 2 is 1.65 bits per heavy atom. The number of ether oxygens (including phenoxy) is 1. The third-order valence-electron chi connectivity index (χ3n) is 2.90. The van der Waals surface area contributed by atoms with E-state index < -0.39 is 11.8 Å². The van der Waals surface area contributed by atoms with E-state index in [9.17, 15) is 9.59 Å². The third kappa shape index (κ3) is 5.16. The minimum absolute atomic E-state index is 0.338. The first kappa shape index (κ1) is 17.1. The summed E-state index contributed by atoms with van der Waals surface area (Å²) in [6, 6.07) is 11.5. The summed E-state index contributed by atoms with van der Waals surface area (Å²) < 4.78 is 5.03. The van der Waals surface area contributed by atoms with Gasteiger partial charge in [-0.25, -0.2) is 0 Å². The van der Waals surface area contributed by atoms with E-state index in [0.29, 0.717) is 27.2 Å². The molecule has 0 saturated heterocycles. The number of benzene rings is 2. The summed E-state index contributed by atoms with van der Waals surface area (Å²) in [6.45, 7) is 0. The highest BCUT2D eigenvalue weighted by molar-refractivity contribution is 6.35. The average Bonchev–Trinajstić information content (AvgIpc) is 2.51. The lowest BCUT2D eigenvalue weighted by Gasteiger charge is -2.09. The van der Waals surface area contributed by atoms with Gasteiger partial charge < -0.3 is 15.4 Å². The molecule has 2 amide bonds. The fourth-order valence-corrected chi connectivity index (χ4v) is 2.15. The summed E-state index contributed by atoms with van der Waals surface area (Å²) >= 11 is 11.8. The molecular weight excluding hydrogens is 339 g/mol. The van der Waals surface area contributed by atoms with E-state index >= 15 is 0 Å². The summed E-state index contributed by atoms with van der Waals surface area (Å²) in [6.07, 6.45) is -0.338. The summed E-state index contributed by atoms with van der Waals surface area (Å²) in [5, 5.41) is 5.95. The smallest absolute Gasteiger partial charge is 0.233 e. The van der Waals surface area contributed by atoms with Crippen LogP contribution in [-0.4, -0.2) is 18.9 Å². The van der Waals surface area contributed by atoms with Crippen molar-refractivity contribution in [1.82, 2.24) is 0 Å². The largest absolute Gasteiger partial charge is 0.497 e. The van der Waals surface area contributed by atoms with Gasteiger partial charge in [0.05, 0.1) is 17.8 Å². The first-order valence-corrected chi connectivity index (χ1v) is 7.42. The zero-order valence-electron chi connectivity index (χ0n) is 12.2. The maximum Gasteiger partial charge on any atom is 0.233 e. The molecule has 0 aliphatic heterocycles. The first-order valence-electron chi connectivity index (χ1n) is 6.67. The highest BCUT2D eigenvalue weighted by Gasteiger charge is 2.12. The van der Waals surface area contributed by atoms with Crippen molar-refractivity contribution >= 4 is 46.4 Å². The van der Waals surface area contributed by atoms with Crippen LogP contribution in [0.25, 0.3) is 0 Å². The molecule has 2 aromatic rings. The van der Waals surface area contributed by atoms with Gasteiger partial charge >= 0.3 is 0 Å². The Morgan fingerprint density at radius 3 is 2.30 bits per heavy atom. The standard InChI is InChI=1S/C16H14Cl2N2O3/c1-23-12-5-3-11(4-6-12)19-15(21)9-16(22)20-14-8-10(17)2-7-13(14)18/h2-8H,9H2,1H3,(H,19,21)(H,20,22). The summed E-state index contributed by atoms with van der Waals surface area (Å²) in [4.78, 5) is 23.7. The van der Waals surface area contributed by atoms with Gasteiger partial charge in [-0.3, -0.25) is 9.59 Å². The van der Waals surface area contributed by atoms with E-state index in [1.54, 1.807) is 43.5 Å². The molecule has 120 valence electrons. The minimum Gasteiger partial charge on any atom is -0.497 e. The fraction of sp³-hybridized carbons (Fsp3) is 0.125. The maximum absolute atomic E-state index is 11.9. The van der Waals surface area contributed by atoms with E-state index in [1.165, 1.54) is 6.07 Å². The molecule has 0 aliphatic rings. The number of anilines is 2. The number of nitrogens with one attached hydrogen (secondary N) is 2. The van der Waals surface area contributed by atoms with Crippen molar-refractivity contribution in [2.45, 2.75) is 6.42 Å². The molecule has 0 fully saturated rings. The second-order valence-corrected chi connectivity index (χ2v) is 5.47. The molecule has 0 saturated carbocycles. The molecular formula is C16H14Cl2N2O3. The molecule has 0 unspecified atom stereocenters. The van der Waals surface area contributed by atoms with Crippen LogP contribution in [0.4, 0.5) is 11.4 Å². The van der Waals surface area contributed by atoms with Crippen LogP contribution in [0.5, 0.6) is 5.75 Å². The fourth-order valence-electron chi connectivity index (χ4n) is 1.81. The Kier molecular flexibility index (Phi) is 5.84. The second-order valence-electron chi connectivity index (χ2n) is 4.63. The molecule has 0 heterocycles. The lowest BCUT2D eigenvalue weighted by Crippen LogP contribution is -2.21. The Bertz CT molecular complexity index is 718. The van der Waals surface area contributed by atoms with Crippen molar-refractivity contribution in [3.8, 4) is 5.75 Å². The average molecular weight is 353 g/mol. The molecule has 0 bridgehead atoms. The van der Waals surface area contributed by atoms with Crippen LogP contribution < -0.4 is 15.4 Å². The zero-order valence-corrected chi connectivity index (χ0v) is 13.7. The van der Waals surface area contributed by atoms with Crippen LogP contribution in [-0.2, 0) is 9.59 Å². The highest BCUT2D eigenvalue weighted by atomic mass is 35.5. The van der Waals surface area contributed by atoms with Crippen molar-refractivity contribution in [2.24, 2.45) is 0 Å². The molecule has 5 nitrogen and oxygen atoms in total. The molecule has 2 rings (SSSR count). The van der Waals surface area contributed by atoms with Crippen molar-refractivity contribution in [2.75, 3.05) is 17.7 Å². The number of amides is 2. The SMILES string of the molecule is COc1ccc(NC(=O)CC(=O)Nc2cc(Cl)ccc2Cl)cc1. The number of hydrogen-bond donors (Lipinski definition) is 2. The van der Waals surface area contributed by atoms with E-state index in [-0.39, 0.29) is 6.42 Å². The molecule has 2 aromatic carbocycles. The lowest BCUT2D eigenvalue weighted by atomic mass is 10.2. The van der Waals surface area contributed by atoms with E-state index in [1.807, 2.05) is 0 Å². The second kappa shape index (κ2) is 7.85. The van der Waals surface area contributed by atoms with E-state index in [2.05, 4.69) is 10.6 Å². The Balaban J connectivity index is 1.91. The van der Waals surface area contributed by atoms with Gasteiger partial charge in [-0.15, -0.1) is 0 Å². The topological polar surface area (TPSA) is 67.4 Å². The molecule has 0 aliphatic carbocycles. The molecule has 2 N–H and O–H groups in total.